The highest BCUT2D eigenvalue weighted by atomic mass is 127. The SMILES string of the molecule is CCNC(=NCc1cc(C(CC)CC)no1)NCC(Cc1ccc(F)cc1)C(N)=O.I. The molecule has 0 aliphatic heterocycles. The van der Waals surface area contributed by atoms with Crippen LogP contribution in [0, 0.1) is 11.7 Å². The van der Waals surface area contributed by atoms with E-state index in [0.29, 0.717) is 43.7 Å². The van der Waals surface area contributed by atoms with Crippen LogP contribution in [0.3, 0.4) is 0 Å². The Kier molecular flexibility index (Phi) is 12.1. The van der Waals surface area contributed by atoms with Crippen LogP contribution in [0.25, 0.3) is 0 Å². The molecule has 0 saturated heterocycles. The summed E-state index contributed by atoms with van der Waals surface area (Å²) in [4.78, 5) is 16.4. The summed E-state index contributed by atoms with van der Waals surface area (Å²) in [5.74, 6) is 0.448. The van der Waals surface area contributed by atoms with Crippen LogP contribution in [0.1, 0.15) is 56.5 Å². The topological polar surface area (TPSA) is 106 Å². The first-order valence-electron chi connectivity index (χ1n) is 10.5. The van der Waals surface area contributed by atoms with Crippen molar-refractivity contribution in [1.29, 1.82) is 0 Å². The van der Waals surface area contributed by atoms with E-state index in [0.717, 1.165) is 24.1 Å². The standard InChI is InChI=1S/C22H32FN5O2.HI/c1-4-16(5-2)20-12-19(30-28-20)14-27-22(25-6-3)26-13-17(21(24)29)11-15-7-9-18(23)10-8-15;/h7-10,12,16-17H,4-6,11,13-14H2,1-3H3,(H2,24,29)(H2,25,26,27);1H. The van der Waals surface area contributed by atoms with Crippen LogP contribution < -0.4 is 16.4 Å². The summed E-state index contributed by atoms with van der Waals surface area (Å²) < 4.78 is 18.5. The fourth-order valence-corrected chi connectivity index (χ4v) is 3.20. The van der Waals surface area contributed by atoms with Gasteiger partial charge in [0.05, 0.1) is 11.6 Å². The first-order chi connectivity index (χ1) is 14.5. The number of guanidine groups is 1. The third kappa shape index (κ3) is 8.84. The molecule has 1 unspecified atom stereocenters. The molecule has 0 fully saturated rings. The molecule has 7 nitrogen and oxygen atoms in total. The second-order valence-corrected chi connectivity index (χ2v) is 7.24. The van der Waals surface area contributed by atoms with Gasteiger partial charge in [-0.2, -0.15) is 0 Å². The fourth-order valence-electron chi connectivity index (χ4n) is 3.20. The first-order valence-corrected chi connectivity index (χ1v) is 10.5. The van der Waals surface area contributed by atoms with Gasteiger partial charge < -0.3 is 20.9 Å². The van der Waals surface area contributed by atoms with E-state index in [-0.39, 0.29) is 29.8 Å². The molecule has 4 N–H and O–H groups in total. The Balaban J connectivity index is 0.00000480. The summed E-state index contributed by atoms with van der Waals surface area (Å²) in [7, 11) is 0. The summed E-state index contributed by atoms with van der Waals surface area (Å²) in [6.45, 7) is 7.54. The van der Waals surface area contributed by atoms with E-state index in [9.17, 15) is 9.18 Å². The number of carbonyl (C=O) groups is 1. The molecule has 2 rings (SSSR count). The lowest BCUT2D eigenvalue weighted by atomic mass is 9.98. The van der Waals surface area contributed by atoms with Gasteiger partial charge in [0.1, 0.15) is 12.4 Å². The second kappa shape index (κ2) is 14.0. The number of nitrogens with zero attached hydrogens (tertiary/aromatic N) is 2. The lowest BCUT2D eigenvalue weighted by Crippen LogP contribution is -2.43. The Morgan fingerprint density at radius 2 is 1.87 bits per heavy atom. The van der Waals surface area contributed by atoms with Crippen molar-refractivity contribution in [2.24, 2.45) is 16.6 Å². The predicted molar refractivity (Wildman–Crippen MR) is 131 cm³/mol. The van der Waals surface area contributed by atoms with Crippen LogP contribution in [0.2, 0.25) is 0 Å². The van der Waals surface area contributed by atoms with E-state index in [1.807, 2.05) is 13.0 Å². The number of halogens is 2. The average molecular weight is 545 g/mol. The molecule has 0 spiro atoms. The Bertz CT molecular complexity index is 822. The van der Waals surface area contributed by atoms with Gasteiger partial charge in [0.2, 0.25) is 5.91 Å². The summed E-state index contributed by atoms with van der Waals surface area (Å²) in [6, 6.07) is 8.02. The smallest absolute Gasteiger partial charge is 0.222 e. The highest BCUT2D eigenvalue weighted by molar-refractivity contribution is 14.0. The van der Waals surface area contributed by atoms with Crippen LogP contribution in [-0.4, -0.2) is 30.1 Å². The van der Waals surface area contributed by atoms with Crippen molar-refractivity contribution < 1.29 is 13.7 Å². The minimum absolute atomic E-state index is 0. The molecule has 0 radical (unpaired) electrons. The number of carbonyl (C=O) groups excluding carboxylic acids is 1. The number of primary amides is 1. The number of aliphatic imine (C=N–C) groups is 1. The number of nitrogens with two attached hydrogens (primary N) is 1. The molecule has 0 aliphatic carbocycles. The van der Waals surface area contributed by atoms with Crippen molar-refractivity contribution >= 4 is 35.8 Å². The normalized spacial score (nSPS) is 12.4. The fraction of sp³-hybridized carbons (Fsp3) is 0.500. The van der Waals surface area contributed by atoms with Crippen LogP contribution in [0.5, 0.6) is 0 Å². The number of hydrogen-bond donors (Lipinski definition) is 3. The summed E-state index contributed by atoms with van der Waals surface area (Å²) in [5.41, 5.74) is 7.36. The van der Waals surface area contributed by atoms with Crippen LogP contribution >= 0.6 is 24.0 Å². The molecule has 0 saturated carbocycles. The molecule has 2 aromatic rings. The highest BCUT2D eigenvalue weighted by Crippen LogP contribution is 2.22. The lowest BCUT2D eigenvalue weighted by Gasteiger charge is -2.17. The summed E-state index contributed by atoms with van der Waals surface area (Å²) >= 11 is 0. The third-order valence-corrected chi connectivity index (χ3v) is 5.03. The first kappa shape index (κ1) is 26.9. The van der Waals surface area contributed by atoms with Gasteiger partial charge in [-0.25, -0.2) is 9.38 Å². The van der Waals surface area contributed by atoms with Gasteiger partial charge in [-0.15, -0.1) is 24.0 Å². The number of hydrogen-bond acceptors (Lipinski definition) is 4. The van der Waals surface area contributed by atoms with Gasteiger partial charge in [0.15, 0.2) is 11.7 Å². The Hall–Kier alpha value is -2.17. The molecule has 1 heterocycles. The minimum atomic E-state index is -0.453. The van der Waals surface area contributed by atoms with Crippen molar-refractivity contribution in [2.45, 2.75) is 52.5 Å². The molecular formula is C22H33FIN5O2. The third-order valence-electron chi connectivity index (χ3n) is 5.03. The zero-order valence-corrected chi connectivity index (χ0v) is 20.7. The quantitative estimate of drug-likeness (QED) is 0.227. The van der Waals surface area contributed by atoms with E-state index in [1.165, 1.54) is 12.1 Å². The zero-order valence-electron chi connectivity index (χ0n) is 18.4. The maximum absolute atomic E-state index is 13.1. The van der Waals surface area contributed by atoms with Gasteiger partial charge in [-0.05, 0) is 43.9 Å². The molecule has 1 aromatic heterocycles. The Morgan fingerprint density at radius 3 is 2.45 bits per heavy atom. The molecule has 1 amide bonds. The number of nitrogens with one attached hydrogen (secondary N) is 2. The molecule has 9 heteroatoms. The van der Waals surface area contributed by atoms with Crippen molar-refractivity contribution in [2.75, 3.05) is 13.1 Å². The van der Waals surface area contributed by atoms with Gasteiger partial charge in [-0.3, -0.25) is 4.79 Å². The van der Waals surface area contributed by atoms with Crippen molar-refractivity contribution in [3.8, 4) is 0 Å². The molecule has 172 valence electrons. The molecule has 1 atom stereocenters. The van der Waals surface area contributed by atoms with E-state index in [4.69, 9.17) is 10.3 Å². The monoisotopic (exact) mass is 545 g/mol. The number of rotatable bonds is 11. The maximum Gasteiger partial charge on any atom is 0.222 e. The van der Waals surface area contributed by atoms with Crippen LogP contribution in [0.4, 0.5) is 4.39 Å². The van der Waals surface area contributed by atoms with Gasteiger partial charge in [-0.1, -0.05) is 31.1 Å². The average Bonchev–Trinajstić information content (AvgIpc) is 3.20. The second-order valence-electron chi connectivity index (χ2n) is 7.24. The van der Waals surface area contributed by atoms with E-state index in [1.54, 1.807) is 12.1 Å². The molecule has 0 bridgehead atoms. The largest absolute Gasteiger partial charge is 0.369 e. The lowest BCUT2D eigenvalue weighted by molar-refractivity contribution is -0.121. The molecular weight excluding hydrogens is 512 g/mol. The van der Waals surface area contributed by atoms with Gasteiger partial charge in [0, 0.05) is 25.1 Å². The predicted octanol–water partition coefficient (Wildman–Crippen LogP) is 3.73. The molecule has 31 heavy (non-hydrogen) atoms. The molecule has 1 aromatic carbocycles. The van der Waals surface area contributed by atoms with Crippen LogP contribution in [-0.2, 0) is 17.8 Å². The van der Waals surface area contributed by atoms with E-state index >= 15 is 0 Å². The van der Waals surface area contributed by atoms with E-state index in [2.05, 4.69) is 34.6 Å². The minimum Gasteiger partial charge on any atom is -0.369 e. The van der Waals surface area contributed by atoms with Crippen molar-refractivity contribution in [3.63, 3.8) is 0 Å². The Morgan fingerprint density at radius 1 is 1.19 bits per heavy atom. The number of amides is 1. The summed E-state index contributed by atoms with van der Waals surface area (Å²) in [6.07, 6.45) is 2.44. The Labute approximate surface area is 200 Å². The number of benzene rings is 1. The van der Waals surface area contributed by atoms with Crippen molar-refractivity contribution in [1.82, 2.24) is 15.8 Å². The van der Waals surface area contributed by atoms with E-state index < -0.39 is 11.8 Å². The summed E-state index contributed by atoms with van der Waals surface area (Å²) in [5, 5.41) is 10.5. The van der Waals surface area contributed by atoms with Crippen LogP contribution in [0.15, 0.2) is 39.8 Å². The van der Waals surface area contributed by atoms with Gasteiger partial charge in [0.25, 0.3) is 0 Å². The zero-order chi connectivity index (χ0) is 21.9. The van der Waals surface area contributed by atoms with Gasteiger partial charge >= 0.3 is 0 Å². The van der Waals surface area contributed by atoms with Crippen molar-refractivity contribution in [3.05, 3.63) is 53.2 Å². The molecule has 0 aliphatic rings. The number of aromatic nitrogens is 1. The maximum atomic E-state index is 13.1. The highest BCUT2D eigenvalue weighted by Gasteiger charge is 2.17.